The SMILES string of the molecule is O=C(NCC1(c2ccccc2)CCCC1)C1CC(=O)N(C2CCCC2)C1. The summed E-state index contributed by atoms with van der Waals surface area (Å²) in [5.41, 5.74) is 1.41. The molecule has 1 aliphatic heterocycles. The zero-order valence-corrected chi connectivity index (χ0v) is 15.6. The van der Waals surface area contributed by atoms with Crippen LogP contribution in [0.1, 0.15) is 63.4 Å². The van der Waals surface area contributed by atoms with Gasteiger partial charge in [0.25, 0.3) is 0 Å². The number of nitrogens with one attached hydrogen (secondary N) is 1. The van der Waals surface area contributed by atoms with E-state index in [4.69, 9.17) is 0 Å². The summed E-state index contributed by atoms with van der Waals surface area (Å²) in [5.74, 6) is 0.0778. The molecule has 3 fully saturated rings. The molecule has 2 amide bonds. The maximum absolute atomic E-state index is 12.8. The Hall–Kier alpha value is -1.84. The van der Waals surface area contributed by atoms with Gasteiger partial charge in [0.1, 0.15) is 0 Å². The molecule has 4 rings (SSSR count). The first-order valence-corrected chi connectivity index (χ1v) is 10.3. The molecule has 140 valence electrons. The minimum atomic E-state index is -0.169. The molecule has 1 atom stereocenters. The zero-order chi connectivity index (χ0) is 18.0. The lowest BCUT2D eigenvalue weighted by Gasteiger charge is -2.30. The summed E-state index contributed by atoms with van der Waals surface area (Å²) in [7, 11) is 0. The predicted molar refractivity (Wildman–Crippen MR) is 102 cm³/mol. The number of benzene rings is 1. The lowest BCUT2D eigenvalue weighted by molar-refractivity contribution is -0.130. The Morgan fingerprint density at radius 3 is 2.46 bits per heavy atom. The van der Waals surface area contributed by atoms with Crippen molar-refractivity contribution in [1.82, 2.24) is 10.2 Å². The van der Waals surface area contributed by atoms with Crippen molar-refractivity contribution in [1.29, 1.82) is 0 Å². The standard InChI is InChI=1S/C22H30N2O2/c25-20-14-17(15-24(20)19-10-4-5-11-19)21(26)23-16-22(12-6-7-13-22)18-8-2-1-3-9-18/h1-3,8-9,17,19H,4-7,10-16H2,(H,23,26). The number of likely N-dealkylation sites (tertiary alicyclic amines) is 1. The second-order valence-corrected chi connectivity index (χ2v) is 8.46. The van der Waals surface area contributed by atoms with Crippen molar-refractivity contribution in [2.24, 2.45) is 5.92 Å². The van der Waals surface area contributed by atoms with Crippen LogP contribution in [-0.4, -0.2) is 35.8 Å². The third-order valence-corrected chi connectivity index (χ3v) is 6.84. The molecule has 26 heavy (non-hydrogen) atoms. The van der Waals surface area contributed by atoms with Crippen LogP contribution < -0.4 is 5.32 Å². The molecule has 0 bridgehead atoms. The van der Waals surface area contributed by atoms with E-state index in [0.29, 0.717) is 25.6 Å². The second-order valence-electron chi connectivity index (χ2n) is 8.46. The third kappa shape index (κ3) is 3.38. The molecular weight excluding hydrogens is 324 g/mol. The third-order valence-electron chi connectivity index (χ3n) is 6.84. The van der Waals surface area contributed by atoms with Crippen molar-refractivity contribution in [3.05, 3.63) is 35.9 Å². The summed E-state index contributed by atoms with van der Waals surface area (Å²) in [5, 5.41) is 3.22. The van der Waals surface area contributed by atoms with Gasteiger partial charge >= 0.3 is 0 Å². The van der Waals surface area contributed by atoms with Gasteiger partial charge in [0.15, 0.2) is 0 Å². The van der Waals surface area contributed by atoms with Crippen LogP contribution in [0.4, 0.5) is 0 Å². The highest BCUT2D eigenvalue weighted by atomic mass is 16.2. The van der Waals surface area contributed by atoms with E-state index in [1.54, 1.807) is 0 Å². The molecule has 4 nitrogen and oxygen atoms in total. The van der Waals surface area contributed by atoms with Gasteiger partial charge in [-0.15, -0.1) is 0 Å². The molecule has 1 aromatic rings. The fourth-order valence-corrected chi connectivity index (χ4v) is 5.29. The first kappa shape index (κ1) is 17.6. The summed E-state index contributed by atoms with van der Waals surface area (Å²) >= 11 is 0. The number of carbonyl (C=O) groups is 2. The van der Waals surface area contributed by atoms with Crippen LogP contribution in [0.25, 0.3) is 0 Å². The highest BCUT2D eigenvalue weighted by Crippen LogP contribution is 2.40. The van der Waals surface area contributed by atoms with Gasteiger partial charge in [0.05, 0.1) is 5.92 Å². The van der Waals surface area contributed by atoms with Crippen LogP contribution in [0, 0.1) is 5.92 Å². The van der Waals surface area contributed by atoms with Crippen LogP contribution in [0.2, 0.25) is 0 Å². The predicted octanol–water partition coefficient (Wildman–Crippen LogP) is 3.41. The Kier molecular flexibility index (Phi) is 5.01. The van der Waals surface area contributed by atoms with Crippen LogP contribution in [0.15, 0.2) is 30.3 Å². The van der Waals surface area contributed by atoms with Crippen molar-refractivity contribution >= 4 is 11.8 Å². The van der Waals surface area contributed by atoms with Crippen LogP contribution in [0.3, 0.4) is 0 Å². The molecule has 2 saturated carbocycles. The number of hydrogen-bond donors (Lipinski definition) is 1. The number of rotatable bonds is 5. The number of amides is 2. The van der Waals surface area contributed by atoms with Gasteiger partial charge in [-0.1, -0.05) is 56.0 Å². The molecule has 0 aromatic heterocycles. The topological polar surface area (TPSA) is 49.4 Å². The van der Waals surface area contributed by atoms with E-state index in [1.807, 2.05) is 11.0 Å². The Balaban J connectivity index is 1.38. The van der Waals surface area contributed by atoms with Crippen molar-refractivity contribution in [3.8, 4) is 0 Å². The van der Waals surface area contributed by atoms with E-state index < -0.39 is 0 Å². The fourth-order valence-electron chi connectivity index (χ4n) is 5.29. The molecule has 4 heteroatoms. The maximum Gasteiger partial charge on any atom is 0.225 e. The van der Waals surface area contributed by atoms with E-state index in [1.165, 1.54) is 31.2 Å². The molecule has 1 saturated heterocycles. The van der Waals surface area contributed by atoms with Crippen molar-refractivity contribution < 1.29 is 9.59 Å². The average molecular weight is 354 g/mol. The molecule has 0 spiro atoms. The number of hydrogen-bond acceptors (Lipinski definition) is 2. The van der Waals surface area contributed by atoms with E-state index >= 15 is 0 Å². The minimum Gasteiger partial charge on any atom is -0.355 e. The van der Waals surface area contributed by atoms with Gasteiger partial charge in [-0.3, -0.25) is 9.59 Å². The van der Waals surface area contributed by atoms with Crippen molar-refractivity contribution in [2.45, 2.75) is 69.2 Å². The highest BCUT2D eigenvalue weighted by Gasteiger charge is 2.40. The fraction of sp³-hybridized carbons (Fsp3) is 0.636. The normalized spacial score (nSPS) is 25.8. The number of nitrogens with zero attached hydrogens (tertiary/aromatic N) is 1. The molecule has 1 heterocycles. The van der Waals surface area contributed by atoms with E-state index in [2.05, 4.69) is 29.6 Å². The quantitative estimate of drug-likeness (QED) is 0.881. The summed E-state index contributed by atoms with van der Waals surface area (Å²) in [4.78, 5) is 27.1. The lowest BCUT2D eigenvalue weighted by Crippen LogP contribution is -2.42. The average Bonchev–Trinajstić information content (AvgIpc) is 3.41. The smallest absolute Gasteiger partial charge is 0.225 e. The van der Waals surface area contributed by atoms with Gasteiger partial charge in [-0.2, -0.15) is 0 Å². The van der Waals surface area contributed by atoms with E-state index in [-0.39, 0.29) is 23.1 Å². The summed E-state index contributed by atoms with van der Waals surface area (Å²) in [6.45, 7) is 1.32. The first-order chi connectivity index (χ1) is 12.7. The van der Waals surface area contributed by atoms with Gasteiger partial charge in [-0.25, -0.2) is 0 Å². The first-order valence-electron chi connectivity index (χ1n) is 10.3. The molecule has 2 aliphatic carbocycles. The number of carbonyl (C=O) groups excluding carboxylic acids is 2. The Labute approximate surface area is 156 Å². The molecule has 1 N–H and O–H groups in total. The Morgan fingerprint density at radius 1 is 1.08 bits per heavy atom. The van der Waals surface area contributed by atoms with Gasteiger partial charge in [0, 0.05) is 31.0 Å². The van der Waals surface area contributed by atoms with E-state index in [9.17, 15) is 9.59 Å². The molecule has 1 aromatic carbocycles. The maximum atomic E-state index is 12.8. The monoisotopic (exact) mass is 354 g/mol. The van der Waals surface area contributed by atoms with Crippen molar-refractivity contribution in [3.63, 3.8) is 0 Å². The van der Waals surface area contributed by atoms with Crippen LogP contribution >= 0.6 is 0 Å². The highest BCUT2D eigenvalue weighted by molar-refractivity contribution is 5.89. The van der Waals surface area contributed by atoms with Gasteiger partial charge in [-0.05, 0) is 31.2 Å². The Bertz CT molecular complexity index is 645. The largest absolute Gasteiger partial charge is 0.355 e. The van der Waals surface area contributed by atoms with Crippen LogP contribution in [-0.2, 0) is 15.0 Å². The van der Waals surface area contributed by atoms with E-state index in [0.717, 1.165) is 25.7 Å². The van der Waals surface area contributed by atoms with Gasteiger partial charge < -0.3 is 10.2 Å². The Morgan fingerprint density at radius 2 is 1.77 bits per heavy atom. The molecule has 0 radical (unpaired) electrons. The molecule has 1 unspecified atom stereocenters. The van der Waals surface area contributed by atoms with Crippen LogP contribution in [0.5, 0.6) is 0 Å². The minimum absolute atomic E-state index is 0.0704. The lowest BCUT2D eigenvalue weighted by atomic mass is 9.78. The molecular formula is C22H30N2O2. The summed E-state index contributed by atoms with van der Waals surface area (Å²) in [6.07, 6.45) is 9.75. The summed E-state index contributed by atoms with van der Waals surface area (Å²) < 4.78 is 0. The summed E-state index contributed by atoms with van der Waals surface area (Å²) in [6, 6.07) is 11.0. The van der Waals surface area contributed by atoms with Gasteiger partial charge in [0.2, 0.25) is 11.8 Å². The molecule has 3 aliphatic rings. The zero-order valence-electron chi connectivity index (χ0n) is 15.6. The second kappa shape index (κ2) is 7.42. The van der Waals surface area contributed by atoms with Crippen molar-refractivity contribution in [2.75, 3.05) is 13.1 Å².